The van der Waals surface area contributed by atoms with Gasteiger partial charge in [0, 0.05) is 10.7 Å². The van der Waals surface area contributed by atoms with Crippen LogP contribution in [-0.4, -0.2) is 0 Å². The fourth-order valence-electron chi connectivity index (χ4n) is 2.05. The van der Waals surface area contributed by atoms with Crippen molar-refractivity contribution in [1.82, 2.24) is 0 Å². The summed E-state index contributed by atoms with van der Waals surface area (Å²) in [7, 11) is 0. The van der Waals surface area contributed by atoms with Crippen LogP contribution in [0.2, 0.25) is 0 Å². The molecule has 2 heteroatoms. The van der Waals surface area contributed by atoms with Gasteiger partial charge in [-0.1, -0.05) is 68.3 Å². The molecule has 94 valence electrons. The number of rotatable bonds is 3. The van der Waals surface area contributed by atoms with Crippen molar-refractivity contribution < 1.29 is 0 Å². The number of benzene rings is 2. The number of aryl methyl sites for hydroxylation is 2. The zero-order valence-electron chi connectivity index (χ0n) is 10.6. The second-order valence-corrected chi connectivity index (χ2v) is 5.67. The van der Waals surface area contributed by atoms with Crippen molar-refractivity contribution in [1.29, 1.82) is 0 Å². The molecule has 0 nitrogen and oxygen atoms in total. The zero-order valence-corrected chi connectivity index (χ0v) is 13.8. The van der Waals surface area contributed by atoms with Crippen molar-refractivity contribution in [2.24, 2.45) is 0 Å². The molecule has 0 aliphatic rings. The van der Waals surface area contributed by atoms with Crippen LogP contribution >= 0.6 is 31.9 Å². The van der Waals surface area contributed by atoms with Crippen molar-refractivity contribution in [3.63, 3.8) is 0 Å². The van der Waals surface area contributed by atoms with E-state index in [-0.39, 0.29) is 0 Å². The van der Waals surface area contributed by atoms with Crippen LogP contribution in [0.3, 0.4) is 0 Å². The van der Waals surface area contributed by atoms with E-state index in [9.17, 15) is 0 Å². The molecule has 0 radical (unpaired) electrons. The fraction of sp³-hybridized carbons (Fsp3) is 0.250. The molecular weight excluding hydrogens is 352 g/mol. The third-order valence-electron chi connectivity index (χ3n) is 3.31. The van der Waals surface area contributed by atoms with Crippen LogP contribution < -0.4 is 0 Å². The smallest absolute Gasteiger partial charge is 0.0285 e. The molecule has 0 saturated heterocycles. The van der Waals surface area contributed by atoms with E-state index in [4.69, 9.17) is 0 Å². The molecule has 0 amide bonds. The Labute approximate surface area is 126 Å². The van der Waals surface area contributed by atoms with E-state index in [0.717, 1.165) is 10.7 Å². The van der Waals surface area contributed by atoms with Gasteiger partial charge in [-0.15, -0.1) is 0 Å². The first kappa shape index (κ1) is 13.8. The quantitative estimate of drug-likeness (QED) is 0.605. The molecule has 0 unspecified atom stereocenters. The summed E-state index contributed by atoms with van der Waals surface area (Å²) in [6, 6.07) is 13.3. The number of halogens is 2. The molecule has 2 aromatic carbocycles. The van der Waals surface area contributed by atoms with E-state index < -0.39 is 0 Å². The lowest BCUT2D eigenvalue weighted by Gasteiger charge is -2.09. The summed E-state index contributed by atoms with van der Waals surface area (Å²) in [5.41, 5.74) is 7.97. The molecule has 18 heavy (non-hydrogen) atoms. The monoisotopic (exact) mass is 366 g/mol. The summed E-state index contributed by atoms with van der Waals surface area (Å²) >= 11 is 7.03. The second kappa shape index (κ2) is 6.03. The van der Waals surface area contributed by atoms with E-state index in [1.54, 1.807) is 0 Å². The largest absolute Gasteiger partial charge is 0.0876 e. The van der Waals surface area contributed by atoms with E-state index in [2.05, 4.69) is 82.1 Å². The van der Waals surface area contributed by atoms with Gasteiger partial charge in [-0.05, 0) is 47.2 Å². The minimum Gasteiger partial charge on any atom is -0.0876 e. The van der Waals surface area contributed by atoms with Crippen molar-refractivity contribution in [3.05, 3.63) is 58.7 Å². The maximum absolute atomic E-state index is 3.51. The van der Waals surface area contributed by atoms with Gasteiger partial charge < -0.3 is 0 Å². The number of alkyl halides is 2. The highest BCUT2D eigenvalue weighted by Gasteiger charge is 2.04. The molecule has 0 aliphatic carbocycles. The fourth-order valence-corrected chi connectivity index (χ4v) is 3.31. The Kier molecular flexibility index (Phi) is 4.63. The molecule has 2 aromatic rings. The first-order chi connectivity index (χ1) is 8.65. The Morgan fingerprint density at radius 2 is 1.11 bits per heavy atom. The average molecular weight is 368 g/mol. The van der Waals surface area contributed by atoms with Crippen LogP contribution in [0, 0.1) is 13.8 Å². The van der Waals surface area contributed by atoms with Gasteiger partial charge in [0.1, 0.15) is 0 Å². The maximum Gasteiger partial charge on any atom is 0.0285 e. The summed E-state index contributed by atoms with van der Waals surface area (Å²) in [5, 5.41) is 1.83. The van der Waals surface area contributed by atoms with Crippen LogP contribution in [-0.2, 0) is 10.7 Å². The molecule has 0 bridgehead atoms. The highest BCUT2D eigenvalue weighted by Crippen LogP contribution is 2.26. The van der Waals surface area contributed by atoms with Gasteiger partial charge >= 0.3 is 0 Å². The summed E-state index contributed by atoms with van der Waals surface area (Å²) in [6.45, 7) is 4.33. The van der Waals surface area contributed by atoms with Crippen molar-refractivity contribution >= 4 is 31.9 Å². The van der Waals surface area contributed by atoms with Gasteiger partial charge in [0.15, 0.2) is 0 Å². The predicted molar refractivity (Wildman–Crippen MR) is 86.6 cm³/mol. The Hall–Kier alpha value is -0.600. The lowest BCUT2D eigenvalue weighted by molar-refractivity contribution is 1.30. The van der Waals surface area contributed by atoms with Crippen molar-refractivity contribution in [2.45, 2.75) is 24.5 Å². The highest BCUT2D eigenvalue weighted by atomic mass is 79.9. The van der Waals surface area contributed by atoms with Gasteiger partial charge in [-0.2, -0.15) is 0 Å². The predicted octanol–water partition coefficient (Wildman–Crippen LogP) is 5.76. The lowest BCUT2D eigenvalue weighted by atomic mass is 9.98. The molecule has 0 N–H and O–H groups in total. The topological polar surface area (TPSA) is 0 Å². The van der Waals surface area contributed by atoms with Gasteiger partial charge in [0.25, 0.3) is 0 Å². The first-order valence-electron chi connectivity index (χ1n) is 5.97. The SMILES string of the molecule is Cc1cc(-c2ccc(CBr)c(C)c2)ccc1CBr. The Morgan fingerprint density at radius 3 is 1.39 bits per heavy atom. The van der Waals surface area contributed by atoms with Crippen LogP contribution in [0.15, 0.2) is 36.4 Å². The van der Waals surface area contributed by atoms with Crippen LogP contribution in [0.25, 0.3) is 11.1 Å². The molecule has 0 fully saturated rings. The third-order valence-corrected chi connectivity index (χ3v) is 4.51. The average Bonchev–Trinajstić information content (AvgIpc) is 2.38. The number of hydrogen-bond acceptors (Lipinski definition) is 0. The molecule has 0 saturated carbocycles. The normalized spacial score (nSPS) is 10.7. The van der Waals surface area contributed by atoms with Crippen molar-refractivity contribution in [3.8, 4) is 11.1 Å². The molecule has 0 atom stereocenters. The van der Waals surface area contributed by atoms with Crippen LogP contribution in [0.5, 0.6) is 0 Å². The van der Waals surface area contributed by atoms with Gasteiger partial charge in [-0.25, -0.2) is 0 Å². The Balaban J connectivity index is 2.42. The van der Waals surface area contributed by atoms with Gasteiger partial charge in [-0.3, -0.25) is 0 Å². The van der Waals surface area contributed by atoms with E-state index in [1.807, 2.05) is 0 Å². The Morgan fingerprint density at radius 1 is 0.722 bits per heavy atom. The van der Waals surface area contributed by atoms with Crippen LogP contribution in [0.4, 0.5) is 0 Å². The second-order valence-electron chi connectivity index (χ2n) is 4.55. The summed E-state index contributed by atoms with van der Waals surface area (Å²) in [4.78, 5) is 0. The maximum atomic E-state index is 3.51. The minimum atomic E-state index is 0.917. The molecular formula is C16H16Br2. The molecule has 0 spiro atoms. The molecule has 2 rings (SSSR count). The minimum absolute atomic E-state index is 0.917. The van der Waals surface area contributed by atoms with Gasteiger partial charge in [0.2, 0.25) is 0 Å². The molecule has 0 heterocycles. The van der Waals surface area contributed by atoms with E-state index in [1.165, 1.54) is 33.4 Å². The zero-order chi connectivity index (χ0) is 13.1. The molecule has 0 aromatic heterocycles. The Bertz CT molecular complexity index is 508. The standard InChI is InChI=1S/C16H16Br2/c1-11-7-13(3-5-15(11)9-17)14-4-6-16(10-18)12(2)8-14/h3-8H,9-10H2,1-2H3. The lowest BCUT2D eigenvalue weighted by Crippen LogP contribution is -1.89. The van der Waals surface area contributed by atoms with Crippen LogP contribution in [0.1, 0.15) is 22.3 Å². The summed E-state index contributed by atoms with van der Waals surface area (Å²) < 4.78 is 0. The van der Waals surface area contributed by atoms with E-state index >= 15 is 0 Å². The third kappa shape index (κ3) is 2.86. The highest BCUT2D eigenvalue weighted by molar-refractivity contribution is 9.08. The first-order valence-corrected chi connectivity index (χ1v) is 8.21. The summed E-state index contributed by atoms with van der Waals surface area (Å²) in [5.74, 6) is 0. The number of hydrogen-bond donors (Lipinski definition) is 0. The summed E-state index contributed by atoms with van der Waals surface area (Å²) in [6.07, 6.45) is 0. The van der Waals surface area contributed by atoms with E-state index in [0.29, 0.717) is 0 Å². The molecule has 0 aliphatic heterocycles. The van der Waals surface area contributed by atoms with Crippen molar-refractivity contribution in [2.75, 3.05) is 0 Å². The van der Waals surface area contributed by atoms with Gasteiger partial charge in [0.05, 0.1) is 0 Å².